The maximum absolute atomic E-state index is 14.0. The first kappa shape index (κ1) is 19.3. The smallest absolute Gasteiger partial charge is 0.274 e. The molecule has 7 nitrogen and oxygen atoms in total. The average Bonchev–Trinajstić information content (AvgIpc) is 3.60. The number of piperazine rings is 1. The number of anilines is 1. The Bertz CT molecular complexity index is 866. The van der Waals surface area contributed by atoms with Gasteiger partial charge in [0.1, 0.15) is 11.5 Å². The number of para-hydroxylation sites is 1. The summed E-state index contributed by atoms with van der Waals surface area (Å²) in [5, 5.41) is 0. The van der Waals surface area contributed by atoms with Gasteiger partial charge in [0.15, 0.2) is 0 Å². The van der Waals surface area contributed by atoms with Gasteiger partial charge in [0.2, 0.25) is 5.91 Å². The van der Waals surface area contributed by atoms with E-state index in [0.717, 1.165) is 12.8 Å². The molecule has 1 aromatic heterocycles. The van der Waals surface area contributed by atoms with Gasteiger partial charge in [-0.05, 0) is 25.0 Å². The van der Waals surface area contributed by atoms with Crippen molar-refractivity contribution in [1.29, 1.82) is 0 Å². The van der Waals surface area contributed by atoms with E-state index in [-0.39, 0.29) is 30.1 Å². The molecule has 1 saturated carbocycles. The molecular formula is C21H24FN5O2. The third kappa shape index (κ3) is 4.52. The fourth-order valence-corrected chi connectivity index (χ4v) is 3.67. The SMILES string of the molecule is O=C(CCN(C(=O)c1cnccn1)C1CC1)N1CCN(c2ccccc2F)CC1. The Morgan fingerprint density at radius 2 is 1.86 bits per heavy atom. The lowest BCUT2D eigenvalue weighted by Crippen LogP contribution is -2.49. The Morgan fingerprint density at radius 3 is 2.52 bits per heavy atom. The van der Waals surface area contributed by atoms with Crippen molar-refractivity contribution < 1.29 is 14.0 Å². The van der Waals surface area contributed by atoms with Crippen LogP contribution in [0, 0.1) is 5.82 Å². The van der Waals surface area contributed by atoms with E-state index in [1.54, 1.807) is 21.9 Å². The van der Waals surface area contributed by atoms with Crippen molar-refractivity contribution >= 4 is 17.5 Å². The Hall–Kier alpha value is -3.03. The maximum atomic E-state index is 14.0. The first-order valence-corrected chi connectivity index (χ1v) is 9.98. The lowest BCUT2D eigenvalue weighted by atomic mass is 10.2. The molecular weight excluding hydrogens is 373 g/mol. The highest BCUT2D eigenvalue weighted by atomic mass is 19.1. The number of carbonyl (C=O) groups excluding carboxylic acids is 2. The Labute approximate surface area is 169 Å². The van der Waals surface area contributed by atoms with Gasteiger partial charge < -0.3 is 14.7 Å². The second-order valence-electron chi connectivity index (χ2n) is 7.39. The highest BCUT2D eigenvalue weighted by molar-refractivity contribution is 5.92. The molecule has 2 aliphatic rings. The summed E-state index contributed by atoms with van der Waals surface area (Å²) in [6.07, 6.45) is 6.69. The van der Waals surface area contributed by atoms with Gasteiger partial charge in [-0.25, -0.2) is 9.37 Å². The Balaban J connectivity index is 1.30. The molecule has 1 aliphatic carbocycles. The molecule has 1 aliphatic heterocycles. The van der Waals surface area contributed by atoms with E-state index in [9.17, 15) is 14.0 Å². The second kappa shape index (κ2) is 8.55. The molecule has 152 valence electrons. The van der Waals surface area contributed by atoms with Crippen molar-refractivity contribution in [1.82, 2.24) is 19.8 Å². The predicted molar refractivity (Wildman–Crippen MR) is 106 cm³/mol. The van der Waals surface area contributed by atoms with Gasteiger partial charge in [-0.2, -0.15) is 0 Å². The zero-order chi connectivity index (χ0) is 20.2. The van der Waals surface area contributed by atoms with E-state index < -0.39 is 0 Å². The molecule has 29 heavy (non-hydrogen) atoms. The maximum Gasteiger partial charge on any atom is 0.274 e. The first-order chi connectivity index (χ1) is 14.1. The van der Waals surface area contributed by atoms with E-state index >= 15 is 0 Å². The van der Waals surface area contributed by atoms with Crippen LogP contribution < -0.4 is 4.90 Å². The zero-order valence-electron chi connectivity index (χ0n) is 16.2. The number of hydrogen-bond donors (Lipinski definition) is 0. The van der Waals surface area contributed by atoms with E-state index in [1.165, 1.54) is 24.7 Å². The Kier molecular flexibility index (Phi) is 5.69. The van der Waals surface area contributed by atoms with E-state index in [2.05, 4.69) is 9.97 Å². The van der Waals surface area contributed by atoms with Crippen LogP contribution in [-0.4, -0.2) is 70.3 Å². The summed E-state index contributed by atoms with van der Waals surface area (Å²) in [6.45, 7) is 2.67. The van der Waals surface area contributed by atoms with Gasteiger partial charge in [0, 0.05) is 57.6 Å². The molecule has 0 spiro atoms. The average molecular weight is 397 g/mol. The van der Waals surface area contributed by atoms with Crippen LogP contribution in [0.4, 0.5) is 10.1 Å². The van der Waals surface area contributed by atoms with Gasteiger partial charge in [-0.1, -0.05) is 12.1 Å². The highest BCUT2D eigenvalue weighted by Gasteiger charge is 2.34. The van der Waals surface area contributed by atoms with E-state index in [1.807, 2.05) is 11.0 Å². The summed E-state index contributed by atoms with van der Waals surface area (Å²) in [6, 6.07) is 6.89. The molecule has 2 amide bonds. The van der Waals surface area contributed by atoms with Crippen LogP contribution in [-0.2, 0) is 4.79 Å². The van der Waals surface area contributed by atoms with Gasteiger partial charge in [0.25, 0.3) is 5.91 Å². The van der Waals surface area contributed by atoms with Gasteiger partial charge in [-0.3, -0.25) is 14.6 Å². The van der Waals surface area contributed by atoms with Crippen LogP contribution in [0.1, 0.15) is 29.8 Å². The largest absolute Gasteiger partial charge is 0.366 e. The van der Waals surface area contributed by atoms with Gasteiger partial charge in [-0.15, -0.1) is 0 Å². The Morgan fingerprint density at radius 1 is 1.10 bits per heavy atom. The zero-order valence-corrected chi connectivity index (χ0v) is 16.2. The standard InChI is InChI=1S/C21H24FN5O2/c22-17-3-1-2-4-19(17)25-11-13-26(14-12-25)20(28)7-10-27(16-5-6-16)21(29)18-15-23-8-9-24-18/h1-4,8-9,15-16H,5-7,10-14H2. The van der Waals surface area contributed by atoms with Crippen LogP contribution >= 0.6 is 0 Å². The second-order valence-corrected chi connectivity index (χ2v) is 7.39. The molecule has 4 rings (SSSR count). The number of halogens is 1. The van der Waals surface area contributed by atoms with Gasteiger partial charge >= 0.3 is 0 Å². The molecule has 0 atom stereocenters. The molecule has 0 unspecified atom stereocenters. The molecule has 8 heteroatoms. The predicted octanol–water partition coefficient (Wildman–Crippen LogP) is 1.96. The minimum atomic E-state index is -0.241. The fourth-order valence-electron chi connectivity index (χ4n) is 3.67. The number of hydrogen-bond acceptors (Lipinski definition) is 5. The van der Waals surface area contributed by atoms with Crippen molar-refractivity contribution in [2.75, 3.05) is 37.6 Å². The molecule has 0 bridgehead atoms. The molecule has 2 aromatic rings. The van der Waals surface area contributed by atoms with Crippen molar-refractivity contribution in [3.05, 3.63) is 54.4 Å². The number of amides is 2. The van der Waals surface area contributed by atoms with Gasteiger partial charge in [0.05, 0.1) is 11.9 Å². The molecule has 1 aromatic carbocycles. The van der Waals surface area contributed by atoms with Crippen LogP contribution in [0.2, 0.25) is 0 Å². The van der Waals surface area contributed by atoms with Crippen LogP contribution in [0.5, 0.6) is 0 Å². The quantitative estimate of drug-likeness (QED) is 0.745. The number of nitrogens with zero attached hydrogens (tertiary/aromatic N) is 5. The lowest BCUT2D eigenvalue weighted by molar-refractivity contribution is -0.131. The first-order valence-electron chi connectivity index (χ1n) is 9.98. The molecule has 0 radical (unpaired) electrons. The highest BCUT2D eigenvalue weighted by Crippen LogP contribution is 2.28. The molecule has 0 N–H and O–H groups in total. The van der Waals surface area contributed by atoms with E-state index in [4.69, 9.17) is 0 Å². The third-order valence-corrected chi connectivity index (χ3v) is 5.42. The third-order valence-electron chi connectivity index (χ3n) is 5.42. The summed E-state index contributed by atoms with van der Waals surface area (Å²) in [7, 11) is 0. The topological polar surface area (TPSA) is 69.6 Å². The van der Waals surface area contributed by atoms with Crippen LogP contribution in [0.15, 0.2) is 42.9 Å². The normalized spacial score (nSPS) is 16.6. The lowest BCUT2D eigenvalue weighted by Gasteiger charge is -2.36. The minimum absolute atomic E-state index is 0.0239. The van der Waals surface area contributed by atoms with Crippen molar-refractivity contribution in [2.24, 2.45) is 0 Å². The van der Waals surface area contributed by atoms with E-state index in [0.29, 0.717) is 44.1 Å². The van der Waals surface area contributed by atoms with Crippen molar-refractivity contribution in [2.45, 2.75) is 25.3 Å². The summed E-state index contributed by atoms with van der Waals surface area (Å²) in [5.74, 6) is -0.386. The molecule has 2 heterocycles. The van der Waals surface area contributed by atoms with Crippen LogP contribution in [0.3, 0.4) is 0 Å². The number of rotatable bonds is 6. The summed E-state index contributed by atoms with van der Waals surface area (Å²) < 4.78 is 14.0. The van der Waals surface area contributed by atoms with Crippen molar-refractivity contribution in [3.8, 4) is 0 Å². The molecule has 2 fully saturated rings. The fraction of sp³-hybridized carbons (Fsp3) is 0.429. The monoisotopic (exact) mass is 397 g/mol. The number of carbonyl (C=O) groups is 2. The summed E-state index contributed by atoms with van der Waals surface area (Å²) in [5.41, 5.74) is 0.888. The number of benzene rings is 1. The minimum Gasteiger partial charge on any atom is -0.366 e. The number of aromatic nitrogens is 2. The molecule has 1 saturated heterocycles. The summed E-state index contributed by atoms with van der Waals surface area (Å²) in [4.78, 5) is 38.9. The van der Waals surface area contributed by atoms with Crippen LogP contribution in [0.25, 0.3) is 0 Å². The van der Waals surface area contributed by atoms with Crippen molar-refractivity contribution in [3.63, 3.8) is 0 Å². The summed E-state index contributed by atoms with van der Waals surface area (Å²) >= 11 is 0.